The van der Waals surface area contributed by atoms with E-state index in [2.05, 4.69) is 241 Å². The van der Waals surface area contributed by atoms with E-state index in [1.807, 2.05) is 19.1 Å². The Labute approximate surface area is 395 Å². The minimum absolute atomic E-state index is 0.534. The third-order valence-electron chi connectivity index (χ3n) is 14.2. The van der Waals surface area contributed by atoms with Gasteiger partial charge in [-0.25, -0.2) is 4.99 Å². The number of rotatable bonds is 6. The molecule has 0 fully saturated rings. The first kappa shape index (κ1) is 39.6. The first-order valence-corrected chi connectivity index (χ1v) is 23.4. The fourth-order valence-corrected chi connectivity index (χ4v) is 11.3. The Morgan fingerprint density at radius 1 is 0.515 bits per heavy atom. The van der Waals surface area contributed by atoms with E-state index >= 15 is 0 Å². The second-order valence-corrected chi connectivity index (χ2v) is 17.8. The van der Waals surface area contributed by atoms with Gasteiger partial charge in [0.25, 0.3) is 0 Å². The van der Waals surface area contributed by atoms with Crippen LogP contribution < -0.4 is 15.5 Å². The van der Waals surface area contributed by atoms with Crippen molar-refractivity contribution in [3.05, 3.63) is 275 Å². The predicted octanol–water partition coefficient (Wildman–Crippen LogP) is 14.0. The van der Waals surface area contributed by atoms with E-state index in [-0.39, 0.29) is 0 Å². The summed E-state index contributed by atoms with van der Waals surface area (Å²) in [6, 6.07) is 79.2. The molecule has 0 saturated carbocycles. The van der Waals surface area contributed by atoms with E-state index in [1.165, 1.54) is 55.2 Å². The minimum atomic E-state index is -0.534. The number of hydrogen-bond acceptors (Lipinski definition) is 3. The molecule has 322 valence electrons. The normalized spacial score (nSPS) is 15.0. The average molecular weight is 872 g/mol. The van der Waals surface area contributed by atoms with Gasteiger partial charge in [-0.2, -0.15) is 0 Å². The molecule has 0 atom stereocenters. The number of nitrogens with zero attached hydrogens (tertiary/aromatic N) is 3. The van der Waals surface area contributed by atoms with Crippen LogP contribution >= 0.6 is 0 Å². The molecule has 1 aliphatic heterocycles. The lowest BCUT2D eigenvalue weighted by molar-refractivity contribution is 0.575. The van der Waals surface area contributed by atoms with Gasteiger partial charge in [0.05, 0.1) is 33.1 Å². The van der Waals surface area contributed by atoms with Gasteiger partial charge in [0.1, 0.15) is 16.8 Å². The van der Waals surface area contributed by atoms with Gasteiger partial charge in [0, 0.05) is 40.0 Å². The molecule has 2 aliphatic rings. The molecule has 4 nitrogen and oxygen atoms in total. The molecule has 3 heterocycles. The number of aromatic nitrogens is 1. The van der Waals surface area contributed by atoms with Crippen LogP contribution in [-0.4, -0.2) is 17.3 Å². The van der Waals surface area contributed by atoms with E-state index in [4.69, 9.17) is 9.41 Å². The van der Waals surface area contributed by atoms with Gasteiger partial charge < -0.3 is 13.9 Å². The molecular formula is C64H45N3O. The number of para-hydroxylation sites is 3. The lowest BCUT2D eigenvalue weighted by atomic mass is 9.67. The summed E-state index contributed by atoms with van der Waals surface area (Å²) in [6.45, 7) is 2.03. The van der Waals surface area contributed by atoms with Crippen molar-refractivity contribution in [1.29, 1.82) is 0 Å². The number of anilines is 1. The number of hydrogen-bond donors (Lipinski definition) is 0. The van der Waals surface area contributed by atoms with Gasteiger partial charge in [0.2, 0.25) is 0 Å². The third-order valence-corrected chi connectivity index (χ3v) is 14.2. The lowest BCUT2D eigenvalue weighted by Crippen LogP contribution is -2.34. The Bertz CT molecular complexity index is 3950. The Hall–Kier alpha value is -8.73. The largest absolute Gasteiger partial charge is 0.456 e. The van der Waals surface area contributed by atoms with E-state index in [0.29, 0.717) is 0 Å². The van der Waals surface area contributed by atoms with Gasteiger partial charge in [-0.3, -0.25) is 0 Å². The summed E-state index contributed by atoms with van der Waals surface area (Å²) >= 11 is 0. The van der Waals surface area contributed by atoms with Gasteiger partial charge in [-0.05, 0) is 106 Å². The molecule has 0 saturated heterocycles. The van der Waals surface area contributed by atoms with Crippen LogP contribution in [0.3, 0.4) is 0 Å². The average Bonchev–Trinajstić information content (AvgIpc) is 4.05. The molecule has 11 aromatic rings. The summed E-state index contributed by atoms with van der Waals surface area (Å²) in [7, 11) is 2.13. The molecule has 0 bridgehead atoms. The van der Waals surface area contributed by atoms with Crippen molar-refractivity contribution in [2.45, 2.75) is 12.3 Å². The molecule has 13 rings (SSSR count). The molecule has 9 aromatic carbocycles. The molecule has 1 aliphatic carbocycles. The van der Waals surface area contributed by atoms with Crippen LogP contribution in [0.15, 0.2) is 240 Å². The first-order valence-electron chi connectivity index (χ1n) is 23.4. The highest BCUT2D eigenvalue weighted by Crippen LogP contribution is 2.57. The Morgan fingerprint density at radius 3 is 1.88 bits per heavy atom. The van der Waals surface area contributed by atoms with E-state index < -0.39 is 5.41 Å². The second-order valence-electron chi connectivity index (χ2n) is 17.8. The monoisotopic (exact) mass is 871 g/mol. The Kier molecular flexibility index (Phi) is 9.16. The predicted molar refractivity (Wildman–Crippen MR) is 282 cm³/mol. The van der Waals surface area contributed by atoms with Gasteiger partial charge in [0.15, 0.2) is 0 Å². The van der Waals surface area contributed by atoms with Gasteiger partial charge >= 0.3 is 0 Å². The zero-order valence-electron chi connectivity index (χ0n) is 37.8. The highest BCUT2D eigenvalue weighted by molar-refractivity contribution is 6.23. The minimum Gasteiger partial charge on any atom is -0.456 e. The van der Waals surface area contributed by atoms with Crippen molar-refractivity contribution < 1.29 is 4.42 Å². The summed E-state index contributed by atoms with van der Waals surface area (Å²) in [5.74, 6) is 0.827. The van der Waals surface area contributed by atoms with E-state index in [1.54, 1.807) is 0 Å². The SMILES string of the molecule is C\C=C/C=c1/oc2ccc(-c3ccc4c(c3)c3ccccc3n4-c3ccccc3)cc2/c1=C1\N=C(c2cccc3c2-c2ccccc2C3(c2ccccc2)c2ccccc2)c2ccccc2N1C. The zero-order valence-corrected chi connectivity index (χ0v) is 37.8. The highest BCUT2D eigenvalue weighted by atomic mass is 16.3. The molecule has 68 heavy (non-hydrogen) atoms. The van der Waals surface area contributed by atoms with Crippen molar-refractivity contribution in [3.8, 4) is 27.9 Å². The quantitative estimate of drug-likeness (QED) is 0.167. The molecule has 2 aromatic heterocycles. The number of allylic oxidation sites excluding steroid dienone is 2. The van der Waals surface area contributed by atoms with Crippen LogP contribution in [-0.2, 0) is 5.41 Å². The van der Waals surface area contributed by atoms with Crippen LogP contribution in [0, 0.1) is 0 Å². The molecular weight excluding hydrogens is 827 g/mol. The van der Waals surface area contributed by atoms with Crippen LogP contribution in [0.5, 0.6) is 0 Å². The second kappa shape index (κ2) is 15.7. The van der Waals surface area contributed by atoms with Crippen molar-refractivity contribution in [1.82, 2.24) is 4.57 Å². The molecule has 0 spiro atoms. The van der Waals surface area contributed by atoms with Gasteiger partial charge in [-0.15, -0.1) is 0 Å². The summed E-state index contributed by atoms with van der Waals surface area (Å²) in [4.78, 5) is 8.08. The zero-order chi connectivity index (χ0) is 45.3. The fourth-order valence-electron chi connectivity index (χ4n) is 11.3. The lowest BCUT2D eigenvalue weighted by Gasteiger charge is -2.34. The van der Waals surface area contributed by atoms with E-state index in [0.717, 1.165) is 66.8 Å². The smallest absolute Gasteiger partial charge is 0.145 e. The number of benzene rings is 9. The molecule has 0 radical (unpaired) electrons. The molecule has 4 heteroatoms. The first-order chi connectivity index (χ1) is 33.6. The summed E-state index contributed by atoms with van der Waals surface area (Å²) in [5.41, 5.74) is 18.4. The van der Waals surface area contributed by atoms with Crippen LogP contribution in [0.1, 0.15) is 40.3 Å². The number of furan rings is 1. The summed E-state index contributed by atoms with van der Waals surface area (Å²) < 4.78 is 9.19. The number of aliphatic imine (C=N–C) groups is 1. The Morgan fingerprint density at radius 2 is 1.12 bits per heavy atom. The van der Waals surface area contributed by atoms with Crippen molar-refractivity contribution in [2.75, 3.05) is 11.9 Å². The van der Waals surface area contributed by atoms with Crippen LogP contribution in [0.2, 0.25) is 0 Å². The highest BCUT2D eigenvalue weighted by Gasteiger charge is 2.47. The topological polar surface area (TPSA) is 33.7 Å². The van der Waals surface area contributed by atoms with Crippen LogP contribution in [0.4, 0.5) is 5.69 Å². The van der Waals surface area contributed by atoms with Crippen molar-refractivity contribution in [2.24, 2.45) is 4.99 Å². The van der Waals surface area contributed by atoms with Crippen molar-refractivity contribution >= 4 is 56.1 Å². The molecule has 0 N–H and O–H groups in total. The van der Waals surface area contributed by atoms with Crippen LogP contribution in [0.25, 0.3) is 72.6 Å². The summed E-state index contributed by atoms with van der Waals surface area (Å²) in [6.07, 6.45) is 6.16. The summed E-state index contributed by atoms with van der Waals surface area (Å²) in [5, 5.41) is 4.39. The molecule has 0 amide bonds. The van der Waals surface area contributed by atoms with Crippen molar-refractivity contribution in [3.63, 3.8) is 0 Å². The standard InChI is InChI=1S/C64H45N3O/c1-3-4-35-59-61(52-41-43(37-39-58(52)68-59)42-36-38-57-51(40-42)47-27-15-19-34-56(47)67(57)46-25-12-7-13-26-46)63-65-62(49-29-16-18-33-55(49)66(63)2)50-30-20-32-54-60(50)48-28-14-17-31-53(48)64(54,44-21-8-5-9-22-44)45-23-10-6-11-24-45/h3-41H,1-2H3/b4-3-,59-35+,63-61-. The Balaban J connectivity index is 1.07. The third kappa shape index (κ3) is 5.84. The van der Waals surface area contributed by atoms with E-state index in [9.17, 15) is 0 Å². The maximum Gasteiger partial charge on any atom is 0.145 e. The molecule has 0 unspecified atom stereocenters. The maximum absolute atomic E-state index is 6.82. The fraction of sp³-hybridized carbons (Fsp3) is 0.0469. The van der Waals surface area contributed by atoms with Gasteiger partial charge in [-0.1, -0.05) is 182 Å². The maximum atomic E-state index is 6.82. The number of fused-ring (bicyclic) bond motifs is 8.